The van der Waals surface area contributed by atoms with Gasteiger partial charge in [-0.25, -0.2) is 0 Å². The molecular weight excluding hydrogens is 386 g/mol. The third kappa shape index (κ3) is 4.85. The lowest BCUT2D eigenvalue weighted by Crippen LogP contribution is -2.33. The van der Waals surface area contributed by atoms with E-state index in [2.05, 4.69) is 30.0 Å². The first-order valence-corrected chi connectivity index (χ1v) is 11.6. The Bertz CT molecular complexity index is 957. The van der Waals surface area contributed by atoms with Crippen molar-refractivity contribution in [2.24, 2.45) is 0 Å². The molecule has 0 bridgehead atoms. The number of aryl methyl sites for hydroxylation is 1. The predicted octanol–water partition coefficient (Wildman–Crippen LogP) is 5.53. The van der Waals surface area contributed by atoms with E-state index in [9.17, 15) is 4.79 Å². The van der Waals surface area contributed by atoms with Crippen LogP contribution >= 0.6 is 0 Å². The molecule has 4 nitrogen and oxygen atoms in total. The topological polar surface area (TPSA) is 38.8 Å². The molecule has 0 atom stereocenters. The number of piperidine rings is 1. The number of fused-ring (bicyclic) bond motifs is 1. The summed E-state index contributed by atoms with van der Waals surface area (Å²) in [6.07, 6.45) is 7.86. The van der Waals surface area contributed by atoms with Crippen LogP contribution in [0.4, 0.5) is 0 Å². The molecule has 0 aromatic heterocycles. The number of allylic oxidation sites excluding steroid dienone is 1. The van der Waals surface area contributed by atoms with Gasteiger partial charge in [-0.3, -0.25) is 9.69 Å². The van der Waals surface area contributed by atoms with Gasteiger partial charge in [-0.15, -0.1) is 0 Å². The van der Waals surface area contributed by atoms with Crippen molar-refractivity contribution in [3.05, 3.63) is 64.2 Å². The molecule has 2 aromatic carbocycles. The predicted molar refractivity (Wildman–Crippen MR) is 125 cm³/mol. The van der Waals surface area contributed by atoms with Crippen LogP contribution in [0.25, 0.3) is 5.57 Å². The number of nitrogens with zero attached hydrogens (tertiary/aromatic N) is 1. The second-order valence-electron chi connectivity index (χ2n) is 8.47. The van der Waals surface area contributed by atoms with Crippen LogP contribution in [0, 0.1) is 0 Å². The number of hydrogen-bond donors (Lipinski definition) is 0. The number of carbonyl (C=O) groups is 1. The highest BCUT2D eigenvalue weighted by Gasteiger charge is 2.22. The Kier molecular flexibility index (Phi) is 7.08. The molecule has 0 amide bonds. The van der Waals surface area contributed by atoms with Crippen molar-refractivity contribution in [1.82, 2.24) is 4.90 Å². The van der Waals surface area contributed by atoms with Gasteiger partial charge in [0.05, 0.1) is 7.11 Å². The first-order chi connectivity index (χ1) is 15.2. The van der Waals surface area contributed by atoms with Crippen molar-refractivity contribution < 1.29 is 14.3 Å². The normalized spacial score (nSPS) is 16.7. The van der Waals surface area contributed by atoms with E-state index < -0.39 is 0 Å². The molecule has 164 valence electrons. The van der Waals surface area contributed by atoms with E-state index in [0.29, 0.717) is 12.2 Å². The number of rotatable bonds is 8. The van der Waals surface area contributed by atoms with Crippen LogP contribution in [0.2, 0.25) is 0 Å². The van der Waals surface area contributed by atoms with E-state index >= 15 is 0 Å². The first kappa shape index (κ1) is 21.6. The smallest absolute Gasteiger partial charge is 0.150 e. The summed E-state index contributed by atoms with van der Waals surface area (Å²) in [5.74, 6) is 1.71. The second kappa shape index (κ2) is 10.1. The maximum Gasteiger partial charge on any atom is 0.150 e. The fourth-order valence-electron chi connectivity index (χ4n) is 4.86. The average Bonchev–Trinajstić information content (AvgIpc) is 2.83. The van der Waals surface area contributed by atoms with E-state index in [4.69, 9.17) is 9.47 Å². The molecular formula is C27H33NO3. The summed E-state index contributed by atoms with van der Waals surface area (Å²) in [5.41, 5.74) is 6.76. The molecule has 0 unspecified atom stereocenters. The summed E-state index contributed by atoms with van der Waals surface area (Å²) in [5, 5.41) is 0. The number of ether oxygens (including phenoxy) is 2. The number of likely N-dealkylation sites (tertiary alicyclic amines) is 1. The Morgan fingerprint density at radius 1 is 0.968 bits per heavy atom. The highest BCUT2D eigenvalue weighted by Crippen LogP contribution is 2.40. The fraction of sp³-hybridized carbons (Fsp3) is 0.444. The van der Waals surface area contributed by atoms with E-state index in [-0.39, 0.29) is 0 Å². The van der Waals surface area contributed by atoms with Gasteiger partial charge in [-0.05, 0) is 97.8 Å². The Balaban J connectivity index is 1.63. The molecule has 0 saturated carbocycles. The zero-order chi connectivity index (χ0) is 21.6. The van der Waals surface area contributed by atoms with Gasteiger partial charge in [0.25, 0.3) is 0 Å². The van der Waals surface area contributed by atoms with Gasteiger partial charge in [-0.1, -0.05) is 25.0 Å². The van der Waals surface area contributed by atoms with Crippen molar-refractivity contribution in [3.8, 4) is 11.5 Å². The second-order valence-corrected chi connectivity index (χ2v) is 8.47. The summed E-state index contributed by atoms with van der Waals surface area (Å²) in [4.78, 5) is 14.4. The number of methoxy groups -OCH3 is 1. The first-order valence-electron chi connectivity index (χ1n) is 11.6. The average molecular weight is 420 g/mol. The van der Waals surface area contributed by atoms with Crippen molar-refractivity contribution in [2.75, 3.05) is 33.4 Å². The summed E-state index contributed by atoms with van der Waals surface area (Å²) in [6.45, 7) is 6.17. The van der Waals surface area contributed by atoms with Gasteiger partial charge in [-0.2, -0.15) is 0 Å². The summed E-state index contributed by atoms with van der Waals surface area (Å²) in [7, 11) is 1.70. The summed E-state index contributed by atoms with van der Waals surface area (Å²) < 4.78 is 11.6. The maximum absolute atomic E-state index is 11.9. The Labute approximate surface area is 185 Å². The lowest BCUT2D eigenvalue weighted by Gasteiger charge is -2.26. The molecule has 2 aromatic rings. The number of aldehydes is 1. The lowest BCUT2D eigenvalue weighted by atomic mass is 9.80. The van der Waals surface area contributed by atoms with Crippen LogP contribution in [0.3, 0.4) is 0 Å². The van der Waals surface area contributed by atoms with Gasteiger partial charge in [0.15, 0.2) is 6.29 Å². The zero-order valence-corrected chi connectivity index (χ0v) is 18.8. The zero-order valence-electron chi connectivity index (χ0n) is 18.8. The minimum absolute atomic E-state index is 0.674. The molecule has 31 heavy (non-hydrogen) atoms. The molecule has 1 fully saturated rings. The molecule has 1 aliphatic carbocycles. The van der Waals surface area contributed by atoms with Crippen molar-refractivity contribution in [3.63, 3.8) is 0 Å². The molecule has 0 radical (unpaired) electrons. The minimum Gasteiger partial charge on any atom is -0.497 e. The number of benzene rings is 2. The Hall–Kier alpha value is -2.59. The lowest BCUT2D eigenvalue weighted by molar-refractivity contribution is 0.112. The van der Waals surface area contributed by atoms with Crippen molar-refractivity contribution in [1.29, 1.82) is 0 Å². The highest BCUT2D eigenvalue weighted by molar-refractivity contribution is 5.94. The molecule has 1 aliphatic heterocycles. The molecule has 0 spiro atoms. The minimum atomic E-state index is 0.674. The molecule has 4 heteroatoms. The van der Waals surface area contributed by atoms with E-state index in [1.807, 2.05) is 18.2 Å². The molecule has 1 heterocycles. The van der Waals surface area contributed by atoms with E-state index in [0.717, 1.165) is 49.2 Å². The molecule has 0 N–H and O–H groups in total. The fourth-order valence-corrected chi connectivity index (χ4v) is 4.86. The van der Waals surface area contributed by atoms with Crippen LogP contribution in [-0.4, -0.2) is 44.5 Å². The van der Waals surface area contributed by atoms with E-state index in [1.54, 1.807) is 7.11 Å². The summed E-state index contributed by atoms with van der Waals surface area (Å²) >= 11 is 0. The molecule has 1 saturated heterocycles. The maximum atomic E-state index is 11.9. The van der Waals surface area contributed by atoms with Crippen LogP contribution in [-0.2, 0) is 6.42 Å². The van der Waals surface area contributed by atoms with Crippen LogP contribution in [0.1, 0.15) is 66.1 Å². The van der Waals surface area contributed by atoms with Gasteiger partial charge < -0.3 is 9.47 Å². The van der Waals surface area contributed by atoms with Gasteiger partial charge in [0.2, 0.25) is 0 Å². The van der Waals surface area contributed by atoms with Crippen LogP contribution in [0.5, 0.6) is 11.5 Å². The number of carbonyl (C=O) groups excluding carboxylic acids is 1. The van der Waals surface area contributed by atoms with Crippen LogP contribution in [0.15, 0.2) is 42.0 Å². The number of hydrogen-bond acceptors (Lipinski definition) is 4. The monoisotopic (exact) mass is 419 g/mol. The van der Waals surface area contributed by atoms with Crippen LogP contribution < -0.4 is 9.47 Å². The van der Waals surface area contributed by atoms with Gasteiger partial charge >= 0.3 is 0 Å². The third-order valence-electron chi connectivity index (χ3n) is 6.60. The van der Waals surface area contributed by atoms with Crippen molar-refractivity contribution in [2.45, 2.75) is 45.4 Å². The summed E-state index contributed by atoms with van der Waals surface area (Å²) in [6, 6.07) is 12.2. The standard InChI is InChI=1S/C27H33NO3/c1-3-20-7-8-21-17-23(30-2)11-12-25(21)27(20)26-18-24(10-9-22(26)19-29)31-16-15-28-13-5-4-6-14-28/h9-12,17-19H,3-8,13-16H2,1-2H3. The Morgan fingerprint density at radius 3 is 2.52 bits per heavy atom. The molecule has 4 rings (SSSR count). The van der Waals surface area contributed by atoms with Gasteiger partial charge in [0.1, 0.15) is 18.1 Å². The van der Waals surface area contributed by atoms with Crippen molar-refractivity contribution >= 4 is 11.9 Å². The third-order valence-corrected chi connectivity index (χ3v) is 6.60. The van der Waals surface area contributed by atoms with E-state index in [1.165, 1.54) is 54.6 Å². The SMILES string of the molecule is CCC1=C(c2cc(OCCN3CCCCC3)ccc2C=O)c2ccc(OC)cc2CC1. The largest absolute Gasteiger partial charge is 0.497 e. The van der Waals surface area contributed by atoms with Gasteiger partial charge in [0, 0.05) is 12.1 Å². The quantitative estimate of drug-likeness (QED) is 0.527. The molecule has 2 aliphatic rings. The Morgan fingerprint density at radius 2 is 1.77 bits per heavy atom. The highest BCUT2D eigenvalue weighted by atomic mass is 16.5.